The van der Waals surface area contributed by atoms with Gasteiger partial charge < -0.3 is 15.5 Å². The average molecular weight is 613 g/mol. The fourth-order valence-electron chi connectivity index (χ4n) is 7.76. The number of carbonyl (C=O) groups is 2. The van der Waals surface area contributed by atoms with Crippen molar-refractivity contribution in [3.8, 4) is 0 Å². The van der Waals surface area contributed by atoms with Gasteiger partial charge in [0.15, 0.2) is 0 Å². The molecule has 0 radical (unpaired) electrons. The van der Waals surface area contributed by atoms with Gasteiger partial charge in [0.25, 0.3) is 0 Å². The van der Waals surface area contributed by atoms with Gasteiger partial charge in [0, 0.05) is 36.5 Å². The van der Waals surface area contributed by atoms with E-state index in [0.717, 1.165) is 29.8 Å². The van der Waals surface area contributed by atoms with Crippen LogP contribution in [0, 0.1) is 11.8 Å². The van der Waals surface area contributed by atoms with Gasteiger partial charge >= 0.3 is 0 Å². The van der Waals surface area contributed by atoms with E-state index in [1.165, 1.54) is 36.2 Å². The van der Waals surface area contributed by atoms with Gasteiger partial charge in [-0.25, -0.2) is 8.42 Å². The molecule has 1 unspecified atom stereocenters. The molecule has 3 heterocycles. The Bertz CT molecular complexity index is 1420. The first-order valence-corrected chi connectivity index (χ1v) is 17.5. The summed E-state index contributed by atoms with van der Waals surface area (Å²) in [6, 6.07) is 14.2. The minimum Gasteiger partial charge on any atom is -0.343 e. The molecule has 10 heteroatoms. The van der Waals surface area contributed by atoms with Crippen LogP contribution in [-0.2, 0) is 31.4 Å². The molecule has 226 valence electrons. The minimum atomic E-state index is -3.41. The number of halogens is 1. The molecule has 2 amide bonds. The van der Waals surface area contributed by atoms with Gasteiger partial charge in [-0.1, -0.05) is 61.2 Å². The molecule has 3 fully saturated rings. The van der Waals surface area contributed by atoms with Crippen molar-refractivity contribution in [3.63, 3.8) is 0 Å². The van der Waals surface area contributed by atoms with Gasteiger partial charge in [-0.05, 0) is 73.4 Å². The summed E-state index contributed by atoms with van der Waals surface area (Å²) in [5, 5.41) is 7.22. The number of carbonyl (C=O) groups excluding carboxylic acids is 2. The van der Waals surface area contributed by atoms with Crippen LogP contribution in [0.1, 0.15) is 56.1 Å². The first kappa shape index (κ1) is 29.5. The Morgan fingerprint density at radius 1 is 1.05 bits per heavy atom. The molecule has 1 saturated carbocycles. The lowest BCUT2D eigenvalue weighted by Crippen LogP contribution is -2.58. The third-order valence-electron chi connectivity index (χ3n) is 10.1. The first-order chi connectivity index (χ1) is 20.1. The topological polar surface area (TPSA) is 98.8 Å². The van der Waals surface area contributed by atoms with Crippen molar-refractivity contribution in [2.45, 2.75) is 68.9 Å². The smallest absolute Gasteiger partial charge is 0.245 e. The molecule has 2 aromatic rings. The van der Waals surface area contributed by atoms with Gasteiger partial charge in [-0.3, -0.25) is 13.9 Å². The monoisotopic (exact) mass is 612 g/mol. The second-order valence-corrected chi connectivity index (χ2v) is 15.1. The maximum Gasteiger partial charge on any atom is 0.245 e. The van der Waals surface area contributed by atoms with E-state index < -0.39 is 16.1 Å². The van der Waals surface area contributed by atoms with Crippen LogP contribution in [0.15, 0.2) is 48.5 Å². The number of piperidine rings is 2. The lowest BCUT2D eigenvalue weighted by Gasteiger charge is -2.41. The molecular weight excluding hydrogens is 572 g/mol. The summed E-state index contributed by atoms with van der Waals surface area (Å²) < 4.78 is 26.7. The normalized spacial score (nSPS) is 25.9. The molecule has 0 bridgehead atoms. The van der Waals surface area contributed by atoms with Crippen molar-refractivity contribution in [2.24, 2.45) is 11.8 Å². The number of anilines is 1. The molecule has 2 saturated heterocycles. The van der Waals surface area contributed by atoms with Crippen LogP contribution in [0.25, 0.3) is 0 Å². The first-order valence-electron chi connectivity index (χ1n) is 15.3. The molecule has 0 aromatic heterocycles. The number of hydrogen-bond donors (Lipinski definition) is 2. The van der Waals surface area contributed by atoms with E-state index in [1.54, 1.807) is 0 Å². The van der Waals surface area contributed by atoms with E-state index in [1.807, 2.05) is 53.4 Å². The van der Waals surface area contributed by atoms with Crippen LogP contribution in [0.5, 0.6) is 0 Å². The fourth-order valence-corrected chi connectivity index (χ4v) is 8.88. The van der Waals surface area contributed by atoms with E-state index in [0.29, 0.717) is 55.8 Å². The average Bonchev–Trinajstić information content (AvgIpc) is 3.32. The van der Waals surface area contributed by atoms with Crippen LogP contribution in [0.2, 0.25) is 5.02 Å². The maximum atomic E-state index is 14.0. The molecule has 1 aliphatic carbocycles. The highest BCUT2D eigenvalue weighted by Crippen LogP contribution is 2.48. The van der Waals surface area contributed by atoms with Crippen LogP contribution in [0.3, 0.4) is 0 Å². The minimum absolute atomic E-state index is 0.0919. The molecule has 4 atom stereocenters. The number of rotatable bonds is 6. The molecule has 4 aliphatic rings. The van der Waals surface area contributed by atoms with E-state index in [9.17, 15) is 18.0 Å². The Labute approximate surface area is 254 Å². The highest BCUT2D eigenvalue weighted by molar-refractivity contribution is 7.92. The van der Waals surface area contributed by atoms with Crippen molar-refractivity contribution in [1.29, 1.82) is 0 Å². The van der Waals surface area contributed by atoms with Crippen LogP contribution >= 0.6 is 11.6 Å². The second kappa shape index (κ2) is 11.8. The summed E-state index contributed by atoms with van der Waals surface area (Å²) in [5.74, 6) is 1.02. The number of nitrogens with one attached hydrogen (secondary N) is 2. The van der Waals surface area contributed by atoms with E-state index in [-0.39, 0.29) is 23.3 Å². The van der Waals surface area contributed by atoms with Crippen molar-refractivity contribution in [3.05, 3.63) is 64.7 Å². The van der Waals surface area contributed by atoms with Gasteiger partial charge in [0.1, 0.15) is 6.04 Å². The number of benzene rings is 2. The number of para-hydroxylation sites is 1. The van der Waals surface area contributed by atoms with Crippen LogP contribution < -0.4 is 14.9 Å². The number of likely N-dealkylation sites (tertiary alicyclic amines) is 1. The third-order valence-corrected chi connectivity index (χ3v) is 11.5. The molecule has 2 N–H and O–H groups in total. The van der Waals surface area contributed by atoms with Gasteiger partial charge in [-0.15, -0.1) is 0 Å². The number of sulfonamides is 1. The quantitative estimate of drug-likeness (QED) is 0.516. The largest absolute Gasteiger partial charge is 0.343 e. The summed E-state index contributed by atoms with van der Waals surface area (Å²) in [6.07, 6.45) is 8.69. The van der Waals surface area contributed by atoms with Crippen LogP contribution in [-0.4, -0.2) is 69.7 Å². The SMILES string of the molecule is CS(=O)(=O)N1CC2(CCN(C(=O)[C@@H](Cc3ccc(Cl)cc3)NC(=O)C3C[C@@H]4CCCC[C@@H]4CN3)CC2)c2ccccc21. The zero-order chi connectivity index (χ0) is 29.5. The predicted molar refractivity (Wildman–Crippen MR) is 165 cm³/mol. The Morgan fingerprint density at radius 2 is 1.74 bits per heavy atom. The summed E-state index contributed by atoms with van der Waals surface area (Å²) in [6.45, 7) is 2.26. The van der Waals surface area contributed by atoms with Crippen LogP contribution in [0.4, 0.5) is 5.69 Å². The van der Waals surface area contributed by atoms with Crippen molar-refractivity contribution < 1.29 is 18.0 Å². The molecule has 2 aromatic carbocycles. The molecular formula is C32H41ClN4O4S. The Morgan fingerprint density at radius 3 is 2.45 bits per heavy atom. The summed E-state index contributed by atoms with van der Waals surface area (Å²) in [4.78, 5) is 29.5. The summed E-state index contributed by atoms with van der Waals surface area (Å²) in [7, 11) is -3.41. The lowest BCUT2D eigenvalue weighted by molar-refractivity contribution is -0.138. The number of amides is 2. The highest BCUT2D eigenvalue weighted by Gasteiger charge is 2.48. The Hall–Kier alpha value is -2.62. The number of fused-ring (bicyclic) bond motifs is 3. The molecule has 6 rings (SSSR count). The van der Waals surface area contributed by atoms with E-state index in [4.69, 9.17) is 11.6 Å². The molecule has 42 heavy (non-hydrogen) atoms. The van der Waals surface area contributed by atoms with Crippen molar-refractivity contribution in [1.82, 2.24) is 15.5 Å². The second-order valence-electron chi connectivity index (χ2n) is 12.8. The number of nitrogens with zero attached hydrogens (tertiary/aromatic N) is 2. The Kier molecular flexibility index (Phi) is 8.28. The molecule has 8 nitrogen and oxygen atoms in total. The van der Waals surface area contributed by atoms with Gasteiger partial charge in [0.2, 0.25) is 21.8 Å². The highest BCUT2D eigenvalue weighted by atomic mass is 35.5. The standard InChI is InChI=1S/C32H41ClN4O4S/c1-42(40,41)37-21-32(26-8-4-5-9-29(26)37)14-16-36(17-15-32)31(39)28(18-22-10-12-25(33)13-11-22)35-30(38)27-19-23-6-2-3-7-24(23)20-34-27/h4-5,8-13,23-24,27-28,34H,2-3,6-7,14-21H2,1H3,(H,35,38)/t23-,24+,27?,28+/m0/s1. The third kappa shape index (κ3) is 5.92. The van der Waals surface area contributed by atoms with Crippen molar-refractivity contribution >= 4 is 39.1 Å². The molecule has 3 aliphatic heterocycles. The van der Waals surface area contributed by atoms with Crippen molar-refractivity contribution in [2.75, 3.05) is 36.7 Å². The number of hydrogen-bond acceptors (Lipinski definition) is 5. The summed E-state index contributed by atoms with van der Waals surface area (Å²) in [5.41, 5.74) is 2.39. The van der Waals surface area contributed by atoms with Gasteiger partial charge in [-0.2, -0.15) is 0 Å². The fraction of sp³-hybridized carbons (Fsp3) is 0.562. The van der Waals surface area contributed by atoms with E-state index >= 15 is 0 Å². The lowest BCUT2D eigenvalue weighted by atomic mass is 9.73. The predicted octanol–water partition coefficient (Wildman–Crippen LogP) is 3.88. The van der Waals surface area contributed by atoms with Gasteiger partial charge in [0.05, 0.1) is 18.0 Å². The van der Waals surface area contributed by atoms with E-state index in [2.05, 4.69) is 10.6 Å². The zero-order valence-electron chi connectivity index (χ0n) is 24.2. The molecule has 1 spiro atoms. The maximum absolute atomic E-state index is 14.0. The Balaban J connectivity index is 1.17. The zero-order valence-corrected chi connectivity index (χ0v) is 25.8. The summed E-state index contributed by atoms with van der Waals surface area (Å²) >= 11 is 6.11.